The van der Waals surface area contributed by atoms with Crippen molar-refractivity contribution >= 4 is 5.91 Å². The molecule has 3 N–H and O–H groups in total. The van der Waals surface area contributed by atoms with Gasteiger partial charge >= 0.3 is 0 Å². The van der Waals surface area contributed by atoms with Gasteiger partial charge in [0.1, 0.15) is 6.61 Å². The molecule has 0 atom stereocenters. The molecule has 0 spiro atoms. The molecule has 4 heteroatoms. The highest BCUT2D eigenvalue weighted by atomic mass is 16.5. The number of nitrogens with one attached hydrogen (secondary N) is 1. The second-order valence-electron chi connectivity index (χ2n) is 6.68. The van der Waals surface area contributed by atoms with Crippen molar-refractivity contribution in [1.29, 1.82) is 0 Å². The molecule has 0 heterocycles. The summed E-state index contributed by atoms with van der Waals surface area (Å²) in [4.78, 5) is 11.6. The van der Waals surface area contributed by atoms with Gasteiger partial charge in [0.05, 0.1) is 5.60 Å². The van der Waals surface area contributed by atoms with Crippen molar-refractivity contribution in [3.05, 3.63) is 0 Å². The summed E-state index contributed by atoms with van der Waals surface area (Å²) in [6.07, 6.45) is 6.40. The van der Waals surface area contributed by atoms with E-state index in [2.05, 4.69) is 19.2 Å². The van der Waals surface area contributed by atoms with Gasteiger partial charge in [0, 0.05) is 12.6 Å². The van der Waals surface area contributed by atoms with Crippen LogP contribution in [-0.4, -0.2) is 30.7 Å². The quantitative estimate of drug-likeness (QED) is 0.783. The van der Waals surface area contributed by atoms with Gasteiger partial charge in [-0.25, -0.2) is 0 Å². The summed E-state index contributed by atoms with van der Waals surface area (Å²) in [5.41, 5.74) is 5.99. The Morgan fingerprint density at radius 3 is 2.39 bits per heavy atom. The highest BCUT2D eigenvalue weighted by Crippen LogP contribution is 2.41. The van der Waals surface area contributed by atoms with Crippen molar-refractivity contribution in [2.45, 2.75) is 64.0 Å². The van der Waals surface area contributed by atoms with Gasteiger partial charge in [0.25, 0.3) is 0 Å². The maximum atomic E-state index is 11.6. The van der Waals surface area contributed by atoms with E-state index < -0.39 is 0 Å². The first kappa shape index (κ1) is 13.8. The minimum absolute atomic E-state index is 0.00941. The molecule has 0 unspecified atom stereocenters. The van der Waals surface area contributed by atoms with E-state index >= 15 is 0 Å². The SMILES string of the molecule is CC1(C)CCC(CN)(OCC(=O)NC2CC2)CC1. The van der Waals surface area contributed by atoms with Gasteiger partial charge in [0.15, 0.2) is 0 Å². The maximum Gasteiger partial charge on any atom is 0.246 e. The summed E-state index contributed by atoms with van der Waals surface area (Å²) >= 11 is 0. The van der Waals surface area contributed by atoms with E-state index in [-0.39, 0.29) is 18.1 Å². The van der Waals surface area contributed by atoms with E-state index in [0.29, 0.717) is 18.0 Å². The largest absolute Gasteiger partial charge is 0.364 e. The number of nitrogens with two attached hydrogens (primary N) is 1. The molecule has 0 bridgehead atoms. The van der Waals surface area contributed by atoms with E-state index in [9.17, 15) is 4.79 Å². The molecule has 0 aromatic carbocycles. The number of hydrogen-bond donors (Lipinski definition) is 2. The molecule has 18 heavy (non-hydrogen) atoms. The Kier molecular flexibility index (Phi) is 3.97. The maximum absolute atomic E-state index is 11.6. The number of amides is 1. The summed E-state index contributed by atoms with van der Waals surface area (Å²) in [5.74, 6) is 0.00941. The third kappa shape index (κ3) is 3.69. The molecule has 0 radical (unpaired) electrons. The van der Waals surface area contributed by atoms with Crippen LogP contribution >= 0.6 is 0 Å². The Morgan fingerprint density at radius 2 is 1.89 bits per heavy atom. The lowest BCUT2D eigenvalue weighted by molar-refractivity contribution is -0.137. The van der Waals surface area contributed by atoms with Crippen LogP contribution in [0, 0.1) is 5.41 Å². The van der Waals surface area contributed by atoms with Crippen molar-refractivity contribution in [2.75, 3.05) is 13.2 Å². The van der Waals surface area contributed by atoms with Crippen LogP contribution < -0.4 is 11.1 Å². The Morgan fingerprint density at radius 1 is 1.28 bits per heavy atom. The van der Waals surface area contributed by atoms with Gasteiger partial charge in [-0.3, -0.25) is 4.79 Å². The zero-order valence-corrected chi connectivity index (χ0v) is 11.6. The second-order valence-corrected chi connectivity index (χ2v) is 6.68. The third-order valence-electron chi connectivity index (χ3n) is 4.34. The van der Waals surface area contributed by atoms with Crippen LogP contribution in [0.1, 0.15) is 52.4 Å². The monoisotopic (exact) mass is 254 g/mol. The molecule has 2 aliphatic carbocycles. The van der Waals surface area contributed by atoms with Gasteiger partial charge in [-0.05, 0) is 43.9 Å². The number of rotatable bonds is 5. The van der Waals surface area contributed by atoms with Crippen LogP contribution in [0.4, 0.5) is 0 Å². The summed E-state index contributed by atoms with van der Waals surface area (Å²) in [5, 5.41) is 2.95. The lowest BCUT2D eigenvalue weighted by Crippen LogP contribution is -2.47. The predicted molar refractivity (Wildman–Crippen MR) is 71.2 cm³/mol. The number of ether oxygens (including phenoxy) is 1. The number of carbonyl (C=O) groups excluding carboxylic acids is 1. The van der Waals surface area contributed by atoms with Gasteiger partial charge in [-0.2, -0.15) is 0 Å². The molecular formula is C14H26N2O2. The van der Waals surface area contributed by atoms with Crippen molar-refractivity contribution in [3.8, 4) is 0 Å². The first-order valence-corrected chi connectivity index (χ1v) is 7.08. The zero-order chi connectivity index (χ0) is 13.2. The highest BCUT2D eigenvalue weighted by Gasteiger charge is 2.38. The zero-order valence-electron chi connectivity index (χ0n) is 11.6. The van der Waals surface area contributed by atoms with E-state index in [0.717, 1.165) is 38.5 Å². The normalized spacial score (nSPS) is 25.7. The Labute approximate surface area is 110 Å². The first-order valence-electron chi connectivity index (χ1n) is 7.08. The molecule has 2 aliphatic rings. The Bertz CT molecular complexity index is 301. The van der Waals surface area contributed by atoms with Gasteiger partial charge in [-0.1, -0.05) is 13.8 Å². The van der Waals surface area contributed by atoms with Gasteiger partial charge < -0.3 is 15.8 Å². The molecule has 1 amide bonds. The standard InChI is InChI=1S/C14H26N2O2/c1-13(2)5-7-14(10-15,8-6-13)18-9-12(17)16-11-3-4-11/h11H,3-10,15H2,1-2H3,(H,16,17). The average molecular weight is 254 g/mol. The van der Waals surface area contributed by atoms with Crippen LogP contribution in [0.2, 0.25) is 0 Å². The van der Waals surface area contributed by atoms with Crippen LogP contribution in [0.5, 0.6) is 0 Å². The fraction of sp³-hybridized carbons (Fsp3) is 0.929. The minimum atomic E-state index is -0.267. The Hall–Kier alpha value is -0.610. The molecular weight excluding hydrogens is 228 g/mol. The van der Waals surface area contributed by atoms with Crippen molar-refractivity contribution in [3.63, 3.8) is 0 Å². The molecule has 104 valence electrons. The number of hydrogen-bond acceptors (Lipinski definition) is 3. The summed E-state index contributed by atoms with van der Waals surface area (Å²) in [6, 6.07) is 0.403. The number of carbonyl (C=O) groups is 1. The fourth-order valence-electron chi connectivity index (χ4n) is 2.51. The van der Waals surface area contributed by atoms with Crippen LogP contribution in [-0.2, 0) is 9.53 Å². The summed E-state index contributed by atoms with van der Waals surface area (Å²) < 4.78 is 5.87. The third-order valence-corrected chi connectivity index (χ3v) is 4.34. The molecule has 0 saturated heterocycles. The second kappa shape index (κ2) is 5.17. The Balaban J connectivity index is 1.79. The first-order chi connectivity index (χ1) is 8.45. The van der Waals surface area contributed by atoms with Gasteiger partial charge in [0.2, 0.25) is 5.91 Å². The van der Waals surface area contributed by atoms with Crippen molar-refractivity contribution in [1.82, 2.24) is 5.32 Å². The topological polar surface area (TPSA) is 64.3 Å². The lowest BCUT2D eigenvalue weighted by Gasteiger charge is -2.42. The van der Waals surface area contributed by atoms with Crippen LogP contribution in [0.15, 0.2) is 0 Å². The molecule has 2 rings (SSSR count). The van der Waals surface area contributed by atoms with Crippen molar-refractivity contribution < 1.29 is 9.53 Å². The van der Waals surface area contributed by atoms with Gasteiger partial charge in [-0.15, -0.1) is 0 Å². The smallest absolute Gasteiger partial charge is 0.246 e. The lowest BCUT2D eigenvalue weighted by atomic mass is 9.71. The fourth-order valence-corrected chi connectivity index (χ4v) is 2.51. The van der Waals surface area contributed by atoms with Crippen LogP contribution in [0.25, 0.3) is 0 Å². The molecule has 0 aliphatic heterocycles. The molecule has 0 aromatic heterocycles. The van der Waals surface area contributed by atoms with Crippen LogP contribution in [0.3, 0.4) is 0 Å². The summed E-state index contributed by atoms with van der Waals surface area (Å²) in [7, 11) is 0. The van der Waals surface area contributed by atoms with Crippen molar-refractivity contribution in [2.24, 2.45) is 11.1 Å². The predicted octanol–water partition coefficient (Wildman–Crippen LogP) is 1.58. The van der Waals surface area contributed by atoms with E-state index in [1.54, 1.807) is 0 Å². The average Bonchev–Trinajstić information content (AvgIpc) is 3.13. The molecule has 2 fully saturated rings. The van der Waals surface area contributed by atoms with E-state index in [1.165, 1.54) is 0 Å². The van der Waals surface area contributed by atoms with E-state index in [1.807, 2.05) is 0 Å². The highest BCUT2D eigenvalue weighted by molar-refractivity contribution is 5.77. The molecule has 0 aromatic rings. The minimum Gasteiger partial charge on any atom is -0.364 e. The molecule has 2 saturated carbocycles. The molecule has 4 nitrogen and oxygen atoms in total. The summed E-state index contributed by atoms with van der Waals surface area (Å²) in [6.45, 7) is 5.24. The van der Waals surface area contributed by atoms with E-state index in [4.69, 9.17) is 10.5 Å².